The van der Waals surface area contributed by atoms with Crippen LogP contribution in [0.1, 0.15) is 16.7 Å². The average Bonchev–Trinajstić information content (AvgIpc) is 3.28. The largest absolute Gasteiger partial charge is 0.493 e. The van der Waals surface area contributed by atoms with Gasteiger partial charge in [-0.3, -0.25) is 9.69 Å². The number of para-hydroxylation sites is 2. The summed E-state index contributed by atoms with van der Waals surface area (Å²) < 4.78 is 11.9. The molecule has 4 aromatic rings. The molecule has 5 rings (SSSR count). The number of methoxy groups -OCH3 is 1. The first kappa shape index (κ1) is 27.3. The van der Waals surface area contributed by atoms with Crippen molar-refractivity contribution in [3.8, 4) is 11.5 Å². The maximum atomic E-state index is 13.7. The fraction of sp³-hybridized carbons (Fsp3) is 0.0909. The van der Waals surface area contributed by atoms with Crippen LogP contribution in [-0.2, 0) is 17.8 Å². The van der Waals surface area contributed by atoms with Crippen LogP contribution < -0.4 is 14.4 Å². The minimum Gasteiger partial charge on any atom is -0.493 e. The molecule has 0 radical (unpaired) electrons. The molecular weight excluding hydrogens is 540 g/mol. The van der Waals surface area contributed by atoms with Crippen LogP contribution in [0.2, 0.25) is 5.02 Å². The number of ether oxygens (including phenoxy) is 2. The molecule has 0 aromatic heterocycles. The molecule has 0 atom stereocenters. The first-order valence-electron chi connectivity index (χ1n) is 12.7. The van der Waals surface area contributed by atoms with Gasteiger partial charge >= 0.3 is 0 Å². The Hall–Kier alpha value is -4.26. The van der Waals surface area contributed by atoms with E-state index >= 15 is 0 Å². The highest BCUT2D eigenvalue weighted by atomic mass is 35.5. The van der Waals surface area contributed by atoms with Gasteiger partial charge in [-0.15, -0.1) is 6.58 Å². The van der Waals surface area contributed by atoms with Crippen molar-refractivity contribution >= 4 is 51.9 Å². The van der Waals surface area contributed by atoms with E-state index in [2.05, 4.69) is 6.58 Å². The Labute approximate surface area is 243 Å². The van der Waals surface area contributed by atoms with Gasteiger partial charge in [-0.2, -0.15) is 0 Å². The van der Waals surface area contributed by atoms with E-state index in [0.29, 0.717) is 39.6 Å². The number of hydrogen-bond acceptors (Lipinski definition) is 5. The molecule has 1 fully saturated rings. The maximum absolute atomic E-state index is 13.7. The Morgan fingerprint density at radius 3 is 2.35 bits per heavy atom. The van der Waals surface area contributed by atoms with Crippen LogP contribution in [0.3, 0.4) is 0 Å². The summed E-state index contributed by atoms with van der Waals surface area (Å²) in [7, 11) is 1.61. The molecule has 5 nitrogen and oxygen atoms in total. The van der Waals surface area contributed by atoms with Gasteiger partial charge in [0.05, 0.1) is 23.4 Å². The third-order valence-electron chi connectivity index (χ3n) is 6.13. The predicted molar refractivity (Wildman–Crippen MR) is 166 cm³/mol. The number of halogens is 1. The molecule has 0 N–H and O–H groups in total. The molecule has 0 aliphatic carbocycles. The molecule has 7 heteroatoms. The van der Waals surface area contributed by atoms with Gasteiger partial charge in [-0.25, -0.2) is 4.99 Å². The van der Waals surface area contributed by atoms with Crippen molar-refractivity contribution in [2.45, 2.75) is 13.0 Å². The third kappa shape index (κ3) is 6.30. The van der Waals surface area contributed by atoms with E-state index in [4.69, 9.17) is 26.1 Å². The number of hydrogen-bond donors (Lipinski definition) is 0. The van der Waals surface area contributed by atoms with Gasteiger partial charge in [0.25, 0.3) is 5.91 Å². The first-order chi connectivity index (χ1) is 19.6. The van der Waals surface area contributed by atoms with Gasteiger partial charge < -0.3 is 9.47 Å². The van der Waals surface area contributed by atoms with Gasteiger partial charge in [0.1, 0.15) is 6.61 Å². The number of amidine groups is 1. The standard InChI is InChI=1S/C33H27ClN2O3S/c1-3-10-25-19-24(20-29(38-2)31(25)39-22-23-15-17-26(34)18-16-23)21-30-32(37)36(28-13-8-5-9-14-28)33(40-30)35-27-11-6-4-7-12-27/h3-9,11-21H,1,10,22H2,2H3/b30-21+,35-33?. The van der Waals surface area contributed by atoms with Gasteiger partial charge in [-0.05, 0) is 83.9 Å². The third-order valence-corrected chi connectivity index (χ3v) is 7.35. The maximum Gasteiger partial charge on any atom is 0.271 e. The molecular formula is C33H27ClN2O3S. The van der Waals surface area contributed by atoms with Crippen molar-refractivity contribution in [3.63, 3.8) is 0 Å². The molecule has 0 saturated carbocycles. The van der Waals surface area contributed by atoms with E-state index in [1.54, 1.807) is 12.0 Å². The second-order valence-electron chi connectivity index (χ2n) is 8.94. The Balaban J connectivity index is 1.50. The highest BCUT2D eigenvalue weighted by Crippen LogP contribution is 2.39. The average molecular weight is 567 g/mol. The van der Waals surface area contributed by atoms with Crippen LogP contribution in [-0.4, -0.2) is 18.2 Å². The summed E-state index contributed by atoms with van der Waals surface area (Å²) in [6.07, 6.45) is 4.26. The fourth-order valence-corrected chi connectivity index (χ4v) is 5.37. The number of carbonyl (C=O) groups excluding carboxylic acids is 1. The molecule has 1 aliphatic heterocycles. The highest BCUT2D eigenvalue weighted by molar-refractivity contribution is 8.19. The Morgan fingerprint density at radius 2 is 1.68 bits per heavy atom. The van der Waals surface area contributed by atoms with E-state index in [1.165, 1.54) is 11.8 Å². The monoisotopic (exact) mass is 566 g/mol. The van der Waals surface area contributed by atoms with Gasteiger partial charge in [0.2, 0.25) is 0 Å². The van der Waals surface area contributed by atoms with E-state index in [9.17, 15) is 4.79 Å². The van der Waals surface area contributed by atoms with Crippen LogP contribution in [0.25, 0.3) is 6.08 Å². The minimum atomic E-state index is -0.141. The number of benzene rings is 4. The lowest BCUT2D eigenvalue weighted by Crippen LogP contribution is -2.28. The summed E-state index contributed by atoms with van der Waals surface area (Å²) in [6, 6.07) is 30.6. The van der Waals surface area contributed by atoms with Crippen molar-refractivity contribution in [1.29, 1.82) is 0 Å². The normalized spacial score (nSPS) is 15.1. The predicted octanol–water partition coefficient (Wildman–Crippen LogP) is 8.46. The van der Waals surface area contributed by atoms with E-state index in [1.807, 2.05) is 109 Å². The van der Waals surface area contributed by atoms with E-state index < -0.39 is 0 Å². The van der Waals surface area contributed by atoms with Crippen LogP contribution in [0.5, 0.6) is 11.5 Å². The molecule has 1 saturated heterocycles. The summed E-state index contributed by atoms with van der Waals surface area (Å²) in [5.41, 5.74) is 4.24. The molecule has 0 spiro atoms. The van der Waals surface area contributed by atoms with E-state index in [-0.39, 0.29) is 5.91 Å². The molecule has 200 valence electrons. The summed E-state index contributed by atoms with van der Waals surface area (Å²) in [5.74, 6) is 1.08. The van der Waals surface area contributed by atoms with Crippen LogP contribution >= 0.6 is 23.4 Å². The number of thioether (sulfide) groups is 1. The molecule has 1 heterocycles. The topological polar surface area (TPSA) is 51.1 Å². The van der Waals surface area contributed by atoms with Crippen LogP contribution in [0.15, 0.2) is 120 Å². The SMILES string of the molecule is C=CCc1cc(/C=C2/SC(=Nc3ccccc3)N(c3ccccc3)C2=O)cc(OC)c1OCc1ccc(Cl)cc1. The lowest BCUT2D eigenvalue weighted by Gasteiger charge is -2.16. The Morgan fingerprint density at radius 1 is 0.975 bits per heavy atom. The van der Waals surface area contributed by atoms with Crippen molar-refractivity contribution in [2.24, 2.45) is 4.99 Å². The molecule has 4 aromatic carbocycles. The lowest BCUT2D eigenvalue weighted by atomic mass is 10.0. The Bertz CT molecular complexity index is 1570. The van der Waals surface area contributed by atoms with Crippen molar-refractivity contribution < 1.29 is 14.3 Å². The van der Waals surface area contributed by atoms with Gasteiger partial charge in [-0.1, -0.05) is 66.2 Å². The van der Waals surface area contributed by atoms with Crippen LogP contribution in [0, 0.1) is 0 Å². The summed E-state index contributed by atoms with van der Waals surface area (Å²) in [4.78, 5) is 20.7. The second-order valence-corrected chi connectivity index (χ2v) is 10.4. The highest BCUT2D eigenvalue weighted by Gasteiger charge is 2.34. The number of nitrogens with zero attached hydrogens (tertiary/aromatic N) is 2. The van der Waals surface area contributed by atoms with Crippen LogP contribution in [0.4, 0.5) is 11.4 Å². The summed E-state index contributed by atoms with van der Waals surface area (Å²) in [6.45, 7) is 4.27. The van der Waals surface area contributed by atoms with Crippen molar-refractivity contribution in [3.05, 3.63) is 136 Å². The molecule has 1 aliphatic rings. The minimum absolute atomic E-state index is 0.141. The van der Waals surface area contributed by atoms with E-state index in [0.717, 1.165) is 28.1 Å². The number of carbonyl (C=O) groups is 1. The smallest absolute Gasteiger partial charge is 0.271 e. The van der Waals surface area contributed by atoms with Crippen molar-refractivity contribution in [1.82, 2.24) is 0 Å². The lowest BCUT2D eigenvalue weighted by molar-refractivity contribution is -0.113. The molecule has 0 bridgehead atoms. The number of amides is 1. The number of aliphatic imine (C=N–C) groups is 1. The summed E-state index contributed by atoms with van der Waals surface area (Å²) >= 11 is 7.36. The zero-order valence-corrected chi connectivity index (χ0v) is 23.5. The molecule has 0 unspecified atom stereocenters. The quantitative estimate of drug-likeness (QED) is 0.151. The zero-order chi connectivity index (χ0) is 27.9. The second kappa shape index (κ2) is 12.7. The van der Waals surface area contributed by atoms with Gasteiger partial charge in [0, 0.05) is 10.6 Å². The zero-order valence-electron chi connectivity index (χ0n) is 21.9. The fourth-order valence-electron chi connectivity index (χ4n) is 4.24. The first-order valence-corrected chi connectivity index (χ1v) is 13.9. The number of rotatable bonds is 9. The van der Waals surface area contributed by atoms with Crippen molar-refractivity contribution in [2.75, 3.05) is 12.0 Å². The van der Waals surface area contributed by atoms with Gasteiger partial charge in [0.15, 0.2) is 16.7 Å². The molecule has 1 amide bonds. The summed E-state index contributed by atoms with van der Waals surface area (Å²) in [5, 5.41) is 1.27. The Kier molecular flexibility index (Phi) is 8.69. The number of allylic oxidation sites excluding steroid dienone is 1. The number of anilines is 1. The molecule has 40 heavy (non-hydrogen) atoms.